The predicted molar refractivity (Wildman–Crippen MR) is 75.2 cm³/mol. The van der Waals surface area contributed by atoms with E-state index < -0.39 is 0 Å². The molecule has 18 heavy (non-hydrogen) atoms. The molecular weight excluding hydrogens is 218 g/mol. The van der Waals surface area contributed by atoms with Crippen LogP contribution in [0.3, 0.4) is 0 Å². The molecule has 1 aliphatic heterocycles. The van der Waals surface area contributed by atoms with Gasteiger partial charge in [-0.15, -0.1) is 0 Å². The highest BCUT2D eigenvalue weighted by Crippen LogP contribution is 2.52. The van der Waals surface area contributed by atoms with Crippen LogP contribution in [0.2, 0.25) is 0 Å². The molecule has 1 aliphatic carbocycles. The van der Waals surface area contributed by atoms with E-state index in [-0.39, 0.29) is 0 Å². The maximum Gasteiger partial charge on any atom is 0.0589 e. The minimum atomic E-state index is 0.497. The van der Waals surface area contributed by atoms with Crippen molar-refractivity contribution < 1.29 is 0 Å². The van der Waals surface area contributed by atoms with E-state index in [9.17, 15) is 0 Å². The molecule has 0 radical (unpaired) electrons. The third-order valence-electron chi connectivity index (χ3n) is 4.44. The van der Waals surface area contributed by atoms with Crippen LogP contribution >= 0.6 is 0 Å². The molecule has 0 saturated carbocycles. The average Bonchev–Trinajstić information content (AvgIpc) is 2.86. The molecule has 4 rings (SSSR count). The monoisotopic (exact) mass is 235 g/mol. The maximum atomic E-state index is 3.75. The zero-order chi connectivity index (χ0) is 12.3. The number of benzene rings is 2. The highest BCUT2D eigenvalue weighted by Gasteiger charge is 2.39. The number of anilines is 1. The summed E-state index contributed by atoms with van der Waals surface area (Å²) < 4.78 is 0. The Bertz CT molecular complexity index is 642. The van der Waals surface area contributed by atoms with Crippen LogP contribution in [0.1, 0.15) is 39.8 Å². The summed E-state index contributed by atoms with van der Waals surface area (Å²) in [5.41, 5.74) is 8.68. The van der Waals surface area contributed by atoms with E-state index >= 15 is 0 Å². The molecule has 0 bridgehead atoms. The highest BCUT2D eigenvalue weighted by molar-refractivity contribution is 5.68. The Hall–Kier alpha value is -1.76. The third kappa shape index (κ3) is 1.22. The molecule has 1 nitrogen and oxygen atoms in total. The van der Waals surface area contributed by atoms with Gasteiger partial charge in [0.05, 0.1) is 6.04 Å². The predicted octanol–water partition coefficient (Wildman–Crippen LogP) is 4.11. The summed E-state index contributed by atoms with van der Waals surface area (Å²) in [7, 11) is 0. The van der Waals surface area contributed by atoms with Crippen molar-refractivity contribution in [2.45, 2.75) is 32.2 Å². The van der Waals surface area contributed by atoms with Crippen LogP contribution in [0.25, 0.3) is 0 Å². The first-order chi connectivity index (χ1) is 8.74. The summed E-state index contributed by atoms with van der Waals surface area (Å²) in [6.07, 6.45) is 1.18. The lowest BCUT2D eigenvalue weighted by atomic mass is 9.93. The number of hydrogen-bond acceptors (Lipinski definition) is 1. The largest absolute Gasteiger partial charge is 0.377 e. The van der Waals surface area contributed by atoms with Crippen molar-refractivity contribution in [1.29, 1.82) is 0 Å². The van der Waals surface area contributed by atoms with Gasteiger partial charge >= 0.3 is 0 Å². The Labute approximate surface area is 108 Å². The van der Waals surface area contributed by atoms with Gasteiger partial charge < -0.3 is 5.32 Å². The van der Waals surface area contributed by atoms with Crippen LogP contribution < -0.4 is 5.32 Å². The average molecular weight is 235 g/mol. The molecule has 2 aromatic carbocycles. The van der Waals surface area contributed by atoms with Gasteiger partial charge in [-0.3, -0.25) is 0 Å². The van der Waals surface area contributed by atoms with Gasteiger partial charge in [0.25, 0.3) is 0 Å². The summed E-state index contributed by atoms with van der Waals surface area (Å²) in [6.45, 7) is 4.41. The molecule has 1 heterocycles. The standard InChI is InChI=1S/C17H17N/c1-10-7-11(2)16-14(8-10)15-9-12-5-3-4-6-13(12)17(15)18-16/h3-8,15,17-18H,9H2,1-2H3/t15-,17-/m1/s1. The lowest BCUT2D eigenvalue weighted by Crippen LogP contribution is -2.05. The van der Waals surface area contributed by atoms with E-state index in [1.54, 1.807) is 0 Å². The normalized spacial score (nSPS) is 23.2. The minimum absolute atomic E-state index is 0.497. The van der Waals surface area contributed by atoms with E-state index in [0.29, 0.717) is 12.0 Å². The SMILES string of the molecule is Cc1cc(C)c2c(c1)[C@H]1Cc3ccccc3[C@H]1N2. The first kappa shape index (κ1) is 10.2. The number of nitrogens with one attached hydrogen (secondary N) is 1. The first-order valence-electron chi connectivity index (χ1n) is 6.69. The quantitative estimate of drug-likeness (QED) is 0.724. The van der Waals surface area contributed by atoms with E-state index in [0.717, 1.165) is 0 Å². The van der Waals surface area contributed by atoms with Crippen LogP contribution in [0.5, 0.6) is 0 Å². The van der Waals surface area contributed by atoms with Crippen LogP contribution in [-0.4, -0.2) is 0 Å². The van der Waals surface area contributed by atoms with Gasteiger partial charge in [0.15, 0.2) is 0 Å². The fraction of sp³-hybridized carbons (Fsp3) is 0.294. The van der Waals surface area contributed by atoms with Crippen molar-refractivity contribution >= 4 is 5.69 Å². The number of hydrogen-bond donors (Lipinski definition) is 1. The molecule has 90 valence electrons. The van der Waals surface area contributed by atoms with Gasteiger partial charge in [-0.2, -0.15) is 0 Å². The molecule has 2 aliphatic rings. The van der Waals surface area contributed by atoms with Crippen molar-refractivity contribution in [3.8, 4) is 0 Å². The van der Waals surface area contributed by atoms with Crippen molar-refractivity contribution in [3.05, 3.63) is 64.2 Å². The molecule has 2 atom stereocenters. The lowest BCUT2D eigenvalue weighted by Gasteiger charge is -2.11. The topological polar surface area (TPSA) is 12.0 Å². The zero-order valence-corrected chi connectivity index (χ0v) is 10.8. The van der Waals surface area contributed by atoms with Gasteiger partial charge in [-0.05, 0) is 42.5 Å². The Morgan fingerprint density at radius 1 is 1.06 bits per heavy atom. The number of aryl methyl sites for hydroxylation is 2. The number of fused-ring (bicyclic) bond motifs is 5. The van der Waals surface area contributed by atoms with E-state index in [4.69, 9.17) is 0 Å². The van der Waals surface area contributed by atoms with Gasteiger partial charge in [-0.25, -0.2) is 0 Å². The molecule has 2 aromatic rings. The molecule has 0 aromatic heterocycles. The lowest BCUT2D eigenvalue weighted by molar-refractivity contribution is 0.677. The molecule has 1 N–H and O–H groups in total. The van der Waals surface area contributed by atoms with Gasteiger partial charge in [0, 0.05) is 11.6 Å². The molecule has 0 unspecified atom stereocenters. The molecular formula is C17H17N. The molecule has 1 heteroatoms. The summed E-state index contributed by atoms with van der Waals surface area (Å²) >= 11 is 0. The second-order valence-corrected chi connectivity index (χ2v) is 5.68. The third-order valence-corrected chi connectivity index (χ3v) is 4.44. The molecule has 0 amide bonds. The Morgan fingerprint density at radius 2 is 1.89 bits per heavy atom. The summed E-state index contributed by atoms with van der Waals surface area (Å²) in [4.78, 5) is 0. The van der Waals surface area contributed by atoms with E-state index in [2.05, 4.69) is 55.6 Å². The molecule has 0 fully saturated rings. The van der Waals surface area contributed by atoms with Crippen molar-refractivity contribution in [1.82, 2.24) is 0 Å². The van der Waals surface area contributed by atoms with E-state index in [1.165, 1.54) is 39.9 Å². The smallest absolute Gasteiger partial charge is 0.0589 e. The van der Waals surface area contributed by atoms with Crippen LogP contribution in [0.4, 0.5) is 5.69 Å². The fourth-order valence-electron chi connectivity index (χ4n) is 3.71. The molecule has 0 spiro atoms. The van der Waals surface area contributed by atoms with Crippen LogP contribution in [0.15, 0.2) is 36.4 Å². The van der Waals surface area contributed by atoms with Crippen LogP contribution in [0, 0.1) is 13.8 Å². The van der Waals surface area contributed by atoms with Gasteiger partial charge in [0.2, 0.25) is 0 Å². The van der Waals surface area contributed by atoms with Crippen molar-refractivity contribution in [2.24, 2.45) is 0 Å². The summed E-state index contributed by atoms with van der Waals surface area (Å²) in [5.74, 6) is 0.635. The second-order valence-electron chi connectivity index (χ2n) is 5.68. The van der Waals surface area contributed by atoms with Crippen molar-refractivity contribution in [3.63, 3.8) is 0 Å². The number of rotatable bonds is 0. The minimum Gasteiger partial charge on any atom is -0.377 e. The second kappa shape index (κ2) is 3.38. The van der Waals surface area contributed by atoms with E-state index in [1.807, 2.05) is 0 Å². The van der Waals surface area contributed by atoms with Crippen molar-refractivity contribution in [2.75, 3.05) is 5.32 Å². The highest BCUT2D eigenvalue weighted by atomic mass is 15.0. The molecule has 0 saturated heterocycles. The Kier molecular flexibility index (Phi) is 1.91. The zero-order valence-electron chi connectivity index (χ0n) is 10.8. The Balaban J connectivity index is 1.87. The summed E-state index contributed by atoms with van der Waals surface area (Å²) in [5, 5.41) is 3.75. The summed E-state index contributed by atoms with van der Waals surface area (Å²) in [6, 6.07) is 14.0. The Morgan fingerprint density at radius 3 is 2.78 bits per heavy atom. The van der Waals surface area contributed by atoms with Gasteiger partial charge in [-0.1, -0.05) is 42.0 Å². The first-order valence-corrected chi connectivity index (χ1v) is 6.69. The van der Waals surface area contributed by atoms with Crippen LogP contribution in [-0.2, 0) is 6.42 Å². The fourth-order valence-corrected chi connectivity index (χ4v) is 3.71. The van der Waals surface area contributed by atoms with Gasteiger partial charge in [0.1, 0.15) is 0 Å². The maximum absolute atomic E-state index is 3.75.